The summed E-state index contributed by atoms with van der Waals surface area (Å²) >= 11 is 0. The number of benzene rings is 3. The van der Waals surface area contributed by atoms with Crippen LogP contribution in [0.15, 0.2) is 184 Å². The first-order valence-corrected chi connectivity index (χ1v) is 23.5. The smallest absolute Gasteiger partial charge is 0.235 e. The Balaban J connectivity index is 0.919. The molecule has 63 heavy (non-hydrogen) atoms. The summed E-state index contributed by atoms with van der Waals surface area (Å²) in [4.78, 5) is 13.8. The molecule has 0 bridgehead atoms. The Labute approximate surface area is 370 Å². The predicted molar refractivity (Wildman–Crippen MR) is 260 cm³/mol. The van der Waals surface area contributed by atoms with Gasteiger partial charge in [-0.25, -0.2) is 9.97 Å². The third-order valence-corrected chi connectivity index (χ3v) is 15.5. The van der Waals surface area contributed by atoms with E-state index < -0.39 is 0 Å². The highest BCUT2D eigenvalue weighted by atomic mass is 15.2. The van der Waals surface area contributed by atoms with E-state index in [2.05, 4.69) is 169 Å². The summed E-state index contributed by atoms with van der Waals surface area (Å²) in [5.74, 6) is 1.21. The van der Waals surface area contributed by atoms with Crippen molar-refractivity contribution in [3.05, 3.63) is 207 Å². The molecule has 1 aliphatic heterocycles. The van der Waals surface area contributed by atoms with Crippen molar-refractivity contribution in [2.75, 3.05) is 0 Å². The lowest BCUT2D eigenvalue weighted by Gasteiger charge is -2.34. The van der Waals surface area contributed by atoms with Gasteiger partial charge in [-0.1, -0.05) is 135 Å². The maximum Gasteiger partial charge on any atom is 0.235 e. The molecule has 5 aromatic rings. The lowest BCUT2D eigenvalue weighted by molar-refractivity contribution is 0.347. The number of rotatable bonds is 5. The summed E-state index contributed by atoms with van der Waals surface area (Å²) in [6.45, 7) is 4.87. The standard InChI is InChI=1S/C59H52N4/c1-59(2)50-36-40(37-16-5-3-6-17-37)28-31-42(50)45-23-15-24-47(56(45)59)57-46-22-9-12-25-51(46)60-58(61-57)63-53-27-14-11-21-44(53)49-35-39(30-33-55(49)63)38-29-32-54-48(34-38)43-20-10-13-26-52(43)62(54)41-18-7-4-8-19-41/h3-5,7-16,18,21-27,34-36,41,43H,6,17,19-20,28-33H2,1-2H3. The number of fused-ring (bicyclic) bond motifs is 8. The summed E-state index contributed by atoms with van der Waals surface area (Å²) in [5.41, 5.74) is 23.2. The number of allylic oxidation sites excluding steroid dienone is 18. The molecule has 13 rings (SSSR count). The molecule has 4 heteroatoms. The predicted octanol–water partition coefficient (Wildman–Crippen LogP) is 14.2. The highest BCUT2D eigenvalue weighted by Crippen LogP contribution is 2.55. The Bertz CT molecular complexity index is 3210. The zero-order valence-electron chi connectivity index (χ0n) is 36.4. The van der Waals surface area contributed by atoms with Gasteiger partial charge >= 0.3 is 0 Å². The average molecular weight is 817 g/mol. The van der Waals surface area contributed by atoms with Gasteiger partial charge in [-0.3, -0.25) is 4.57 Å². The lowest BCUT2D eigenvalue weighted by atomic mass is 9.76. The van der Waals surface area contributed by atoms with Crippen LogP contribution in [0.2, 0.25) is 0 Å². The number of nitrogens with zero attached hydrogens (tertiary/aromatic N) is 4. The molecule has 7 aliphatic carbocycles. The molecule has 3 aromatic carbocycles. The number of hydrogen-bond acceptors (Lipinski definition) is 3. The van der Waals surface area contributed by atoms with Gasteiger partial charge in [0.1, 0.15) is 0 Å². The normalized spacial score (nSPS) is 23.0. The monoisotopic (exact) mass is 816 g/mol. The zero-order valence-corrected chi connectivity index (χ0v) is 36.4. The van der Waals surface area contributed by atoms with Gasteiger partial charge < -0.3 is 4.90 Å². The van der Waals surface area contributed by atoms with Crippen molar-refractivity contribution >= 4 is 33.5 Å². The molecule has 4 nitrogen and oxygen atoms in total. The largest absolute Gasteiger partial charge is 0.341 e. The Hall–Kier alpha value is -6.52. The minimum atomic E-state index is -0.165. The van der Waals surface area contributed by atoms with E-state index in [4.69, 9.17) is 9.97 Å². The second-order valence-electron chi connectivity index (χ2n) is 19.2. The first-order valence-electron chi connectivity index (χ1n) is 23.5. The fraction of sp³-hybridized carbons (Fsp3) is 0.254. The zero-order chi connectivity index (χ0) is 41.8. The second-order valence-corrected chi connectivity index (χ2v) is 19.2. The van der Waals surface area contributed by atoms with Gasteiger partial charge in [0.2, 0.25) is 5.95 Å². The maximum atomic E-state index is 5.69. The van der Waals surface area contributed by atoms with Gasteiger partial charge in [0.05, 0.1) is 22.8 Å². The molecule has 0 N–H and O–H groups in total. The van der Waals surface area contributed by atoms with Crippen LogP contribution in [0.25, 0.3) is 50.7 Å². The van der Waals surface area contributed by atoms with Crippen molar-refractivity contribution in [1.82, 2.24) is 19.4 Å². The summed E-state index contributed by atoms with van der Waals surface area (Å²) in [7, 11) is 0. The molecule has 0 saturated carbocycles. The molecule has 2 aromatic heterocycles. The van der Waals surface area contributed by atoms with Crippen molar-refractivity contribution in [2.24, 2.45) is 5.92 Å². The van der Waals surface area contributed by atoms with Gasteiger partial charge in [-0.15, -0.1) is 0 Å². The van der Waals surface area contributed by atoms with E-state index in [-0.39, 0.29) is 5.41 Å². The summed E-state index contributed by atoms with van der Waals surface area (Å²) in [6, 6.07) is 24.9. The number of para-hydroxylation sites is 2. The molecular weight excluding hydrogens is 765 g/mol. The Morgan fingerprint density at radius 2 is 1.43 bits per heavy atom. The number of hydrogen-bond donors (Lipinski definition) is 0. The first-order chi connectivity index (χ1) is 31.0. The fourth-order valence-corrected chi connectivity index (χ4v) is 12.6. The topological polar surface area (TPSA) is 34.0 Å². The van der Waals surface area contributed by atoms with Crippen molar-refractivity contribution in [1.29, 1.82) is 0 Å². The lowest BCUT2D eigenvalue weighted by Crippen LogP contribution is -2.31. The van der Waals surface area contributed by atoms with Crippen LogP contribution in [0.1, 0.15) is 94.0 Å². The molecule has 2 unspecified atom stereocenters. The Kier molecular flexibility index (Phi) is 8.39. The molecule has 3 heterocycles. The van der Waals surface area contributed by atoms with E-state index in [1.54, 1.807) is 11.3 Å². The van der Waals surface area contributed by atoms with Crippen LogP contribution in [-0.2, 0) is 11.8 Å². The third-order valence-electron chi connectivity index (χ3n) is 15.5. The van der Waals surface area contributed by atoms with Crippen LogP contribution in [0.4, 0.5) is 0 Å². The maximum absolute atomic E-state index is 5.69. The van der Waals surface area contributed by atoms with Gasteiger partial charge in [0.25, 0.3) is 0 Å². The number of aromatic nitrogens is 3. The summed E-state index contributed by atoms with van der Waals surface area (Å²) < 4.78 is 2.40. The van der Waals surface area contributed by atoms with Crippen LogP contribution in [0.3, 0.4) is 0 Å². The molecule has 0 fully saturated rings. The second kappa shape index (κ2) is 14.3. The van der Waals surface area contributed by atoms with E-state index >= 15 is 0 Å². The molecule has 308 valence electrons. The van der Waals surface area contributed by atoms with Crippen molar-refractivity contribution < 1.29 is 0 Å². The SMILES string of the molecule is CC1(C)C2=C(CCC(C3=CC=CCC3)=C2)c2cccc(-c3nc(-n4c5c(c6ccccc64)C=C(C4=CC6=C(CC4)N(C4C=CC=CC4)C4=CC=CCC46)CC5)nc4ccccc34)c21. The molecule has 0 amide bonds. The highest BCUT2D eigenvalue weighted by Gasteiger charge is 2.42. The van der Waals surface area contributed by atoms with Crippen LogP contribution >= 0.6 is 0 Å². The van der Waals surface area contributed by atoms with E-state index in [0.717, 1.165) is 86.8 Å². The first kappa shape index (κ1) is 37.1. The summed E-state index contributed by atoms with van der Waals surface area (Å²) in [5, 5.41) is 2.37. The highest BCUT2D eigenvalue weighted by molar-refractivity contribution is 5.98. The molecule has 8 aliphatic rings. The molecular formula is C59H52N4. The fourth-order valence-electron chi connectivity index (χ4n) is 12.6. The molecule has 2 atom stereocenters. The van der Waals surface area contributed by atoms with Crippen LogP contribution in [-0.4, -0.2) is 25.5 Å². The van der Waals surface area contributed by atoms with Crippen molar-refractivity contribution in [3.8, 4) is 17.2 Å². The summed E-state index contributed by atoms with van der Waals surface area (Å²) in [6.07, 6.45) is 41.4. The van der Waals surface area contributed by atoms with E-state index in [1.165, 1.54) is 78.0 Å². The Morgan fingerprint density at radius 1 is 0.635 bits per heavy atom. The van der Waals surface area contributed by atoms with Gasteiger partial charge in [0, 0.05) is 50.3 Å². The minimum absolute atomic E-state index is 0.165. The van der Waals surface area contributed by atoms with E-state index in [1.807, 2.05) is 0 Å². The van der Waals surface area contributed by atoms with E-state index in [9.17, 15) is 0 Å². The van der Waals surface area contributed by atoms with Crippen LogP contribution in [0.5, 0.6) is 0 Å². The molecule has 0 saturated heterocycles. The quantitative estimate of drug-likeness (QED) is 0.177. The van der Waals surface area contributed by atoms with Gasteiger partial charge in [-0.05, 0) is 139 Å². The van der Waals surface area contributed by atoms with Gasteiger partial charge in [-0.2, -0.15) is 0 Å². The van der Waals surface area contributed by atoms with E-state index in [0.29, 0.717) is 12.0 Å². The molecule has 0 radical (unpaired) electrons. The van der Waals surface area contributed by atoms with Gasteiger partial charge in [0.15, 0.2) is 0 Å². The average Bonchev–Trinajstić information content (AvgIpc) is 3.94. The third kappa shape index (κ3) is 5.66. The minimum Gasteiger partial charge on any atom is -0.341 e. The molecule has 0 spiro atoms. The van der Waals surface area contributed by atoms with Crippen LogP contribution in [0, 0.1) is 5.92 Å². The van der Waals surface area contributed by atoms with Crippen LogP contribution < -0.4 is 0 Å². The van der Waals surface area contributed by atoms with Crippen molar-refractivity contribution in [3.63, 3.8) is 0 Å². The Morgan fingerprint density at radius 3 is 2.32 bits per heavy atom. The van der Waals surface area contributed by atoms with Crippen molar-refractivity contribution in [2.45, 2.75) is 89.5 Å².